The molecule has 7 heteroatoms. The Bertz CT molecular complexity index is 805. The van der Waals surface area contributed by atoms with Crippen LogP contribution in [0, 0.1) is 0 Å². The first-order valence-corrected chi connectivity index (χ1v) is 7.98. The van der Waals surface area contributed by atoms with Crippen LogP contribution in [0.4, 0.5) is 5.69 Å². The van der Waals surface area contributed by atoms with E-state index in [-0.39, 0.29) is 0 Å². The molecule has 0 saturated carbocycles. The molecule has 0 atom stereocenters. The van der Waals surface area contributed by atoms with E-state index in [1.807, 2.05) is 0 Å². The van der Waals surface area contributed by atoms with Gasteiger partial charge in [0.1, 0.15) is 5.75 Å². The molecule has 2 aromatic carbocycles. The molecule has 2 rings (SSSR count). The van der Waals surface area contributed by atoms with Crippen molar-refractivity contribution in [2.75, 3.05) is 19.0 Å². The van der Waals surface area contributed by atoms with Gasteiger partial charge in [-0.2, -0.15) is 0 Å². The minimum atomic E-state index is -0.666. The van der Waals surface area contributed by atoms with E-state index in [0.717, 1.165) is 0 Å². The molecule has 0 unspecified atom stereocenters. The van der Waals surface area contributed by atoms with Gasteiger partial charge in [-0.3, -0.25) is 4.79 Å². The van der Waals surface area contributed by atoms with Crippen LogP contribution in [0.1, 0.15) is 5.56 Å². The first-order chi connectivity index (χ1) is 12.0. The van der Waals surface area contributed by atoms with E-state index in [0.29, 0.717) is 27.0 Å². The molecule has 0 bridgehead atoms. The lowest BCUT2D eigenvalue weighted by atomic mass is 10.2. The molecule has 5 nitrogen and oxygen atoms in total. The molecule has 2 aromatic rings. The monoisotopic (exact) mass is 379 g/mol. The van der Waals surface area contributed by atoms with Gasteiger partial charge in [0.05, 0.1) is 12.8 Å². The largest absolute Gasteiger partial charge is 0.495 e. The van der Waals surface area contributed by atoms with Gasteiger partial charge >= 0.3 is 5.97 Å². The summed E-state index contributed by atoms with van der Waals surface area (Å²) in [5, 5.41) is 3.51. The first kappa shape index (κ1) is 18.8. The van der Waals surface area contributed by atoms with Crippen LogP contribution in [0.2, 0.25) is 10.0 Å². The maximum atomic E-state index is 11.8. The molecule has 130 valence electrons. The van der Waals surface area contributed by atoms with E-state index in [9.17, 15) is 9.59 Å². The number of halogens is 2. The molecule has 1 amide bonds. The highest BCUT2D eigenvalue weighted by atomic mass is 35.5. The number of ether oxygens (including phenoxy) is 2. The summed E-state index contributed by atoms with van der Waals surface area (Å²) < 4.78 is 10.0. The van der Waals surface area contributed by atoms with E-state index in [1.54, 1.807) is 42.5 Å². The molecule has 25 heavy (non-hydrogen) atoms. The number of carbonyl (C=O) groups is 2. The van der Waals surface area contributed by atoms with Gasteiger partial charge in [-0.1, -0.05) is 41.4 Å². The lowest BCUT2D eigenvalue weighted by Crippen LogP contribution is -2.20. The number of hydrogen-bond acceptors (Lipinski definition) is 4. The van der Waals surface area contributed by atoms with Crippen LogP contribution in [0.25, 0.3) is 6.08 Å². The zero-order valence-corrected chi connectivity index (χ0v) is 14.8. The molecule has 0 fully saturated rings. The van der Waals surface area contributed by atoms with Gasteiger partial charge in [-0.15, -0.1) is 0 Å². The Morgan fingerprint density at radius 3 is 2.64 bits per heavy atom. The van der Waals surface area contributed by atoms with Crippen molar-refractivity contribution in [3.05, 3.63) is 64.1 Å². The highest BCUT2D eigenvalue weighted by Crippen LogP contribution is 2.23. The maximum Gasteiger partial charge on any atom is 0.331 e. The van der Waals surface area contributed by atoms with Crippen molar-refractivity contribution < 1.29 is 19.1 Å². The van der Waals surface area contributed by atoms with E-state index in [2.05, 4.69) is 5.32 Å². The fraction of sp³-hybridized carbons (Fsp3) is 0.111. The summed E-state index contributed by atoms with van der Waals surface area (Å²) in [6, 6.07) is 11.8. The highest BCUT2D eigenvalue weighted by Gasteiger charge is 2.09. The predicted molar refractivity (Wildman–Crippen MR) is 98.1 cm³/mol. The minimum absolute atomic E-state index is 0.408. The Morgan fingerprint density at radius 2 is 1.92 bits per heavy atom. The SMILES string of the molecule is COc1ccccc1NC(=O)COC(=O)C=Cc1ccc(Cl)cc1Cl. The topological polar surface area (TPSA) is 64.6 Å². The summed E-state index contributed by atoms with van der Waals surface area (Å²) >= 11 is 11.8. The number of hydrogen-bond donors (Lipinski definition) is 1. The zero-order chi connectivity index (χ0) is 18.2. The molecule has 0 radical (unpaired) electrons. The van der Waals surface area contributed by atoms with Gasteiger partial charge in [-0.25, -0.2) is 4.79 Å². The lowest BCUT2D eigenvalue weighted by molar-refractivity contribution is -0.142. The number of nitrogens with one attached hydrogen (secondary N) is 1. The Labute approximate surface area is 155 Å². The van der Waals surface area contributed by atoms with Crippen LogP contribution in [0.15, 0.2) is 48.5 Å². The summed E-state index contributed by atoms with van der Waals surface area (Å²) in [5.41, 5.74) is 1.11. The molecule has 0 aliphatic rings. The van der Waals surface area contributed by atoms with Crippen molar-refractivity contribution in [2.24, 2.45) is 0 Å². The first-order valence-electron chi connectivity index (χ1n) is 7.22. The summed E-state index contributed by atoms with van der Waals surface area (Å²) in [4.78, 5) is 23.5. The number of esters is 1. The molecule has 0 aliphatic heterocycles. The van der Waals surface area contributed by atoms with Crippen LogP contribution in [0.3, 0.4) is 0 Å². The predicted octanol–water partition coefficient (Wildman–Crippen LogP) is 4.20. The van der Waals surface area contributed by atoms with Crippen LogP contribution >= 0.6 is 23.2 Å². The van der Waals surface area contributed by atoms with Gasteiger partial charge in [-0.05, 0) is 35.9 Å². The average molecular weight is 380 g/mol. The third kappa shape index (κ3) is 5.81. The van der Waals surface area contributed by atoms with Crippen LogP contribution in [0.5, 0.6) is 5.75 Å². The second-order valence-electron chi connectivity index (χ2n) is 4.86. The summed E-state index contributed by atoms with van der Waals surface area (Å²) in [6.45, 7) is -0.421. The molecule has 0 aliphatic carbocycles. The van der Waals surface area contributed by atoms with Crippen molar-refractivity contribution >= 4 is 46.8 Å². The van der Waals surface area contributed by atoms with Crippen LogP contribution in [-0.4, -0.2) is 25.6 Å². The van der Waals surface area contributed by atoms with Gasteiger partial charge in [0.15, 0.2) is 6.61 Å². The summed E-state index contributed by atoms with van der Waals surface area (Å²) in [5.74, 6) is -0.628. The number of amides is 1. The second-order valence-corrected chi connectivity index (χ2v) is 5.70. The summed E-state index contributed by atoms with van der Waals surface area (Å²) in [7, 11) is 1.50. The number of methoxy groups -OCH3 is 1. The Balaban J connectivity index is 1.87. The van der Waals surface area contributed by atoms with Gasteiger partial charge in [0.25, 0.3) is 5.91 Å². The second kappa shape index (κ2) is 9.11. The maximum absolute atomic E-state index is 11.8. The fourth-order valence-corrected chi connectivity index (χ4v) is 2.38. The molecule has 0 aromatic heterocycles. The van der Waals surface area contributed by atoms with Gasteiger partial charge in [0, 0.05) is 16.1 Å². The normalized spacial score (nSPS) is 10.5. The third-order valence-electron chi connectivity index (χ3n) is 3.09. The number of carbonyl (C=O) groups excluding carboxylic acids is 2. The van der Waals surface area contributed by atoms with Crippen molar-refractivity contribution in [3.8, 4) is 5.75 Å². The average Bonchev–Trinajstić information content (AvgIpc) is 2.59. The molecular formula is C18H15Cl2NO4. The van der Waals surface area contributed by atoms with E-state index in [1.165, 1.54) is 19.3 Å². The van der Waals surface area contributed by atoms with E-state index >= 15 is 0 Å². The van der Waals surface area contributed by atoms with Gasteiger partial charge < -0.3 is 14.8 Å². The van der Waals surface area contributed by atoms with Crippen molar-refractivity contribution in [3.63, 3.8) is 0 Å². The molecule has 0 saturated heterocycles. The molecule has 0 spiro atoms. The molecule has 0 heterocycles. The third-order valence-corrected chi connectivity index (χ3v) is 3.65. The quantitative estimate of drug-likeness (QED) is 0.603. The Morgan fingerprint density at radius 1 is 1.16 bits per heavy atom. The molecular weight excluding hydrogens is 365 g/mol. The number of rotatable bonds is 6. The highest BCUT2D eigenvalue weighted by molar-refractivity contribution is 6.35. The number of benzene rings is 2. The fourth-order valence-electron chi connectivity index (χ4n) is 1.91. The van der Waals surface area contributed by atoms with Crippen molar-refractivity contribution in [2.45, 2.75) is 0 Å². The van der Waals surface area contributed by atoms with Crippen molar-refractivity contribution in [1.29, 1.82) is 0 Å². The van der Waals surface area contributed by atoms with E-state index in [4.69, 9.17) is 32.7 Å². The van der Waals surface area contributed by atoms with Crippen LogP contribution in [-0.2, 0) is 14.3 Å². The Kier molecular flexibility index (Phi) is 6.86. The number of anilines is 1. The van der Waals surface area contributed by atoms with Crippen molar-refractivity contribution in [1.82, 2.24) is 0 Å². The minimum Gasteiger partial charge on any atom is -0.495 e. The lowest BCUT2D eigenvalue weighted by Gasteiger charge is -2.09. The Hall–Kier alpha value is -2.50. The summed E-state index contributed by atoms with van der Waals surface area (Å²) in [6.07, 6.45) is 2.67. The zero-order valence-electron chi connectivity index (χ0n) is 13.3. The molecule has 1 N–H and O–H groups in total. The smallest absolute Gasteiger partial charge is 0.331 e. The number of para-hydroxylation sites is 2. The standard InChI is InChI=1S/C18H15Cl2NO4/c1-24-16-5-3-2-4-15(16)21-17(22)11-25-18(23)9-7-12-6-8-13(19)10-14(12)20/h2-10H,11H2,1H3,(H,21,22). The van der Waals surface area contributed by atoms with E-state index < -0.39 is 18.5 Å². The van der Waals surface area contributed by atoms with Gasteiger partial charge in [0.2, 0.25) is 0 Å². The van der Waals surface area contributed by atoms with Crippen LogP contribution < -0.4 is 10.1 Å².